The van der Waals surface area contributed by atoms with Crippen LogP contribution in [0.4, 0.5) is 0 Å². The van der Waals surface area contributed by atoms with Crippen molar-refractivity contribution in [2.75, 3.05) is 7.05 Å². The van der Waals surface area contributed by atoms with Gasteiger partial charge in [-0.2, -0.15) is 0 Å². The maximum atomic E-state index is 3.42. The molecule has 0 aliphatic rings. The molecule has 0 amide bonds. The van der Waals surface area contributed by atoms with E-state index in [-0.39, 0.29) is 0 Å². The van der Waals surface area contributed by atoms with Crippen molar-refractivity contribution in [1.82, 2.24) is 5.32 Å². The van der Waals surface area contributed by atoms with Gasteiger partial charge in [0.1, 0.15) is 0 Å². The van der Waals surface area contributed by atoms with E-state index in [0.717, 1.165) is 12.8 Å². The molecule has 1 unspecified atom stereocenters. The van der Waals surface area contributed by atoms with Crippen molar-refractivity contribution >= 4 is 11.3 Å². The van der Waals surface area contributed by atoms with Gasteiger partial charge in [0.15, 0.2) is 0 Å². The molecule has 2 heteroatoms. The van der Waals surface area contributed by atoms with Gasteiger partial charge in [0, 0.05) is 15.8 Å². The topological polar surface area (TPSA) is 12.0 Å². The Kier molecular flexibility index (Phi) is 4.35. The predicted molar refractivity (Wildman–Crippen MR) is 69.7 cm³/mol. The van der Waals surface area contributed by atoms with Crippen molar-refractivity contribution in [3.8, 4) is 0 Å². The van der Waals surface area contributed by atoms with E-state index in [1.54, 1.807) is 0 Å². The van der Waals surface area contributed by atoms with E-state index in [4.69, 9.17) is 0 Å². The van der Waals surface area contributed by atoms with Crippen LogP contribution in [0, 0.1) is 5.41 Å². The molecule has 1 N–H and O–H groups in total. The highest BCUT2D eigenvalue weighted by Crippen LogP contribution is 2.25. The van der Waals surface area contributed by atoms with Crippen molar-refractivity contribution in [1.29, 1.82) is 0 Å². The molecular formula is C13H23NS. The van der Waals surface area contributed by atoms with Crippen molar-refractivity contribution in [2.24, 2.45) is 5.41 Å². The molecule has 1 rings (SSSR count). The van der Waals surface area contributed by atoms with Gasteiger partial charge in [0.05, 0.1) is 0 Å². The Hall–Kier alpha value is -0.340. The molecule has 1 atom stereocenters. The van der Waals surface area contributed by atoms with Gasteiger partial charge in [0.25, 0.3) is 0 Å². The number of thiophene rings is 1. The predicted octanol–water partition coefficient (Wildman–Crippen LogP) is 3.49. The summed E-state index contributed by atoms with van der Waals surface area (Å²) in [6.45, 7) is 9.10. The lowest BCUT2D eigenvalue weighted by molar-refractivity contribution is 0.281. The lowest BCUT2D eigenvalue weighted by Gasteiger charge is -2.30. The summed E-state index contributed by atoms with van der Waals surface area (Å²) in [6, 6.07) is 5.09. The molecular weight excluding hydrogens is 202 g/mol. The van der Waals surface area contributed by atoms with Crippen molar-refractivity contribution in [3.05, 3.63) is 21.9 Å². The lowest BCUT2D eigenvalue weighted by atomic mass is 9.84. The Labute approximate surface area is 97.9 Å². The molecule has 0 radical (unpaired) electrons. The second kappa shape index (κ2) is 5.13. The fraction of sp³-hybridized carbons (Fsp3) is 0.692. The van der Waals surface area contributed by atoms with Crippen LogP contribution in [0.3, 0.4) is 0 Å². The molecule has 1 nitrogen and oxygen atoms in total. The summed E-state index contributed by atoms with van der Waals surface area (Å²) < 4.78 is 0. The second-order valence-corrected chi connectivity index (χ2v) is 6.39. The monoisotopic (exact) mass is 225 g/mol. The maximum Gasteiger partial charge on any atom is 0.0161 e. The van der Waals surface area contributed by atoms with E-state index in [0.29, 0.717) is 11.5 Å². The van der Waals surface area contributed by atoms with Gasteiger partial charge >= 0.3 is 0 Å². The molecule has 1 heterocycles. The van der Waals surface area contributed by atoms with Gasteiger partial charge in [-0.15, -0.1) is 11.3 Å². The summed E-state index contributed by atoms with van der Waals surface area (Å²) in [4.78, 5) is 3.00. The van der Waals surface area contributed by atoms with Crippen LogP contribution in [0.15, 0.2) is 12.1 Å². The van der Waals surface area contributed by atoms with E-state index >= 15 is 0 Å². The van der Waals surface area contributed by atoms with Gasteiger partial charge in [-0.25, -0.2) is 0 Å². The van der Waals surface area contributed by atoms with Gasteiger partial charge < -0.3 is 5.32 Å². The molecule has 1 aromatic rings. The Morgan fingerprint density at radius 3 is 2.27 bits per heavy atom. The first-order valence-electron chi connectivity index (χ1n) is 5.72. The summed E-state index contributed by atoms with van der Waals surface area (Å²) in [6.07, 6.45) is 2.30. The first-order chi connectivity index (χ1) is 6.97. The number of hydrogen-bond acceptors (Lipinski definition) is 2. The fourth-order valence-electron chi connectivity index (χ4n) is 1.76. The van der Waals surface area contributed by atoms with E-state index in [9.17, 15) is 0 Å². The van der Waals surface area contributed by atoms with Gasteiger partial charge in [0.2, 0.25) is 0 Å². The molecule has 1 aromatic heterocycles. The summed E-state index contributed by atoms with van der Waals surface area (Å²) in [5, 5.41) is 3.42. The second-order valence-electron chi connectivity index (χ2n) is 5.13. The van der Waals surface area contributed by atoms with E-state index in [1.165, 1.54) is 9.75 Å². The molecule has 0 spiro atoms. The zero-order valence-corrected chi connectivity index (χ0v) is 11.4. The third kappa shape index (κ3) is 3.62. The summed E-state index contributed by atoms with van der Waals surface area (Å²) in [7, 11) is 2.06. The normalized spacial score (nSPS) is 14.2. The van der Waals surface area contributed by atoms with Crippen molar-refractivity contribution in [2.45, 2.75) is 46.6 Å². The average molecular weight is 225 g/mol. The summed E-state index contributed by atoms with van der Waals surface area (Å²) in [5.74, 6) is 0. The van der Waals surface area contributed by atoms with Crippen LogP contribution in [0.1, 0.15) is 37.4 Å². The van der Waals surface area contributed by atoms with E-state index in [2.05, 4.69) is 52.2 Å². The Morgan fingerprint density at radius 1 is 1.27 bits per heavy atom. The smallest absolute Gasteiger partial charge is 0.0161 e. The highest BCUT2D eigenvalue weighted by molar-refractivity contribution is 7.11. The van der Waals surface area contributed by atoms with Crippen LogP contribution >= 0.6 is 11.3 Å². The quantitative estimate of drug-likeness (QED) is 0.827. The lowest BCUT2D eigenvalue weighted by Crippen LogP contribution is -2.39. The molecule has 86 valence electrons. The van der Waals surface area contributed by atoms with Gasteiger partial charge in [-0.05, 0) is 37.4 Å². The number of aryl methyl sites for hydroxylation is 1. The number of rotatable bonds is 4. The Morgan fingerprint density at radius 2 is 1.87 bits per heavy atom. The fourth-order valence-corrected chi connectivity index (χ4v) is 2.77. The van der Waals surface area contributed by atoms with Crippen molar-refractivity contribution < 1.29 is 0 Å². The highest BCUT2D eigenvalue weighted by Gasteiger charge is 2.23. The third-order valence-electron chi connectivity index (χ3n) is 2.86. The Bertz CT molecular complexity index is 296. The Balaban J connectivity index is 2.67. The number of likely N-dealkylation sites (N-methyl/N-ethyl adjacent to an activating group) is 1. The van der Waals surface area contributed by atoms with E-state index in [1.807, 2.05) is 11.3 Å². The molecule has 0 saturated carbocycles. The van der Waals surface area contributed by atoms with Crippen LogP contribution in [0.5, 0.6) is 0 Å². The van der Waals surface area contributed by atoms with Crippen LogP contribution in [-0.2, 0) is 12.8 Å². The minimum absolute atomic E-state index is 0.325. The molecule has 15 heavy (non-hydrogen) atoms. The molecule has 0 aliphatic heterocycles. The SMILES string of the molecule is CCc1ccc(CC(NC)C(C)(C)C)s1. The molecule has 0 saturated heterocycles. The first-order valence-corrected chi connectivity index (χ1v) is 6.54. The minimum Gasteiger partial charge on any atom is -0.316 e. The van der Waals surface area contributed by atoms with Crippen LogP contribution in [0.2, 0.25) is 0 Å². The summed E-state index contributed by atoms with van der Waals surface area (Å²) in [5.41, 5.74) is 0.325. The van der Waals surface area contributed by atoms with Gasteiger partial charge in [-0.3, -0.25) is 0 Å². The molecule has 0 aliphatic carbocycles. The molecule has 0 bridgehead atoms. The minimum atomic E-state index is 0.325. The average Bonchev–Trinajstić information content (AvgIpc) is 2.59. The van der Waals surface area contributed by atoms with E-state index < -0.39 is 0 Å². The van der Waals surface area contributed by atoms with Crippen molar-refractivity contribution in [3.63, 3.8) is 0 Å². The van der Waals surface area contributed by atoms with Crippen LogP contribution in [-0.4, -0.2) is 13.1 Å². The summed E-state index contributed by atoms with van der Waals surface area (Å²) >= 11 is 1.95. The zero-order chi connectivity index (χ0) is 11.5. The largest absolute Gasteiger partial charge is 0.316 e. The highest BCUT2D eigenvalue weighted by atomic mass is 32.1. The first kappa shape index (κ1) is 12.7. The van der Waals surface area contributed by atoms with Gasteiger partial charge in [-0.1, -0.05) is 27.7 Å². The third-order valence-corrected chi connectivity index (χ3v) is 4.12. The van der Waals surface area contributed by atoms with Crippen LogP contribution in [0.25, 0.3) is 0 Å². The molecule has 0 aromatic carbocycles. The zero-order valence-electron chi connectivity index (χ0n) is 10.6. The maximum absolute atomic E-state index is 3.42. The number of nitrogens with one attached hydrogen (secondary N) is 1. The standard InChI is InChI=1S/C13H23NS/c1-6-10-7-8-11(15-10)9-12(14-5)13(2,3)4/h7-8,12,14H,6,9H2,1-5H3. The number of hydrogen-bond donors (Lipinski definition) is 1. The molecule has 0 fully saturated rings. The van der Waals surface area contributed by atoms with Crippen LogP contribution < -0.4 is 5.32 Å².